The summed E-state index contributed by atoms with van der Waals surface area (Å²) >= 11 is 2.36. The average molecular weight is 455 g/mol. The van der Waals surface area contributed by atoms with Gasteiger partial charge in [0.05, 0.1) is 14.7 Å². The van der Waals surface area contributed by atoms with E-state index in [-0.39, 0.29) is 15.7 Å². The normalized spacial score (nSPS) is 17.6. The van der Waals surface area contributed by atoms with Crippen LogP contribution in [0.4, 0.5) is 28.8 Å². The number of alkyl halides is 1. The van der Waals surface area contributed by atoms with Gasteiger partial charge in [-0.25, -0.2) is 4.98 Å². The summed E-state index contributed by atoms with van der Waals surface area (Å²) in [6.45, 7) is 4.13. The number of nitrogens with two attached hydrogens (primary N) is 2. The number of anilines is 4. The van der Waals surface area contributed by atoms with E-state index in [0.717, 1.165) is 36.7 Å². The first-order chi connectivity index (χ1) is 11.9. The molecule has 0 amide bonds. The van der Waals surface area contributed by atoms with Crippen LogP contribution in [0.1, 0.15) is 5.69 Å². The van der Waals surface area contributed by atoms with Crippen molar-refractivity contribution in [2.45, 2.75) is 11.0 Å². The molecule has 0 aliphatic carbocycles. The molecule has 0 radical (unpaired) electrons. The van der Waals surface area contributed by atoms with Crippen molar-refractivity contribution in [1.29, 1.82) is 0 Å². The number of nitrogens with zero attached hydrogens (tertiary/aromatic N) is 5. The number of rotatable bonds is 3. The van der Waals surface area contributed by atoms with Crippen molar-refractivity contribution in [2.75, 3.05) is 40.9 Å². The number of benzene rings is 1. The van der Waals surface area contributed by atoms with Gasteiger partial charge in [0.2, 0.25) is 5.95 Å². The monoisotopic (exact) mass is 455 g/mol. The first kappa shape index (κ1) is 17.5. The number of nitro benzene ring substituents is 1. The predicted molar refractivity (Wildman–Crippen MR) is 106 cm³/mol. The number of hydrogen-bond donors (Lipinski definition) is 2. The maximum absolute atomic E-state index is 10.8. The minimum atomic E-state index is -0.393. The fourth-order valence-electron chi connectivity index (χ4n) is 2.98. The lowest BCUT2D eigenvalue weighted by molar-refractivity contribution is -0.384. The van der Waals surface area contributed by atoms with E-state index >= 15 is 0 Å². The second-order valence-electron chi connectivity index (χ2n) is 5.75. The molecule has 0 spiro atoms. The Morgan fingerprint density at radius 2 is 1.92 bits per heavy atom. The van der Waals surface area contributed by atoms with E-state index < -0.39 is 4.92 Å². The Morgan fingerprint density at radius 3 is 2.48 bits per heavy atom. The molecule has 10 heteroatoms. The summed E-state index contributed by atoms with van der Waals surface area (Å²) in [5.41, 5.74) is 14.3. The number of nitro groups is 1. The molecule has 1 saturated heterocycles. The van der Waals surface area contributed by atoms with E-state index in [9.17, 15) is 10.1 Å². The quantitative estimate of drug-likeness (QED) is 0.236. The highest BCUT2D eigenvalue weighted by Crippen LogP contribution is 2.32. The molecule has 132 valence electrons. The van der Waals surface area contributed by atoms with Crippen LogP contribution in [0, 0.1) is 17.0 Å². The molecule has 0 bridgehead atoms. The van der Waals surface area contributed by atoms with Crippen LogP contribution in [0.15, 0.2) is 24.3 Å². The zero-order chi connectivity index (χ0) is 18.1. The molecular weight excluding hydrogens is 437 g/mol. The maximum atomic E-state index is 10.8. The molecule has 2 heterocycles. The molecular formula is C15H18IN7O2. The Hall–Kier alpha value is -2.37. The lowest BCUT2D eigenvalue weighted by Crippen LogP contribution is -2.51. The predicted octanol–water partition coefficient (Wildman–Crippen LogP) is 1.95. The van der Waals surface area contributed by atoms with Crippen LogP contribution in [0.25, 0.3) is 0 Å². The van der Waals surface area contributed by atoms with Crippen molar-refractivity contribution in [3.8, 4) is 0 Å². The minimum Gasteiger partial charge on any atom is -0.382 e. The SMILES string of the molecule is Cc1nc(N)nc(N)c1N1CCN(c2ccc([N+](=O)[O-])cc2)CC1I. The minimum absolute atomic E-state index is 0.0934. The van der Waals surface area contributed by atoms with Gasteiger partial charge in [0.1, 0.15) is 5.69 Å². The topological polar surface area (TPSA) is 127 Å². The van der Waals surface area contributed by atoms with Crippen molar-refractivity contribution in [3.63, 3.8) is 0 Å². The second kappa shape index (κ2) is 6.86. The molecule has 1 aromatic carbocycles. The van der Waals surface area contributed by atoms with Gasteiger partial charge in [0, 0.05) is 37.5 Å². The van der Waals surface area contributed by atoms with Crippen molar-refractivity contribution in [2.24, 2.45) is 0 Å². The van der Waals surface area contributed by atoms with Crippen LogP contribution in [0.2, 0.25) is 0 Å². The Bertz CT molecular complexity index is 776. The number of piperazine rings is 1. The van der Waals surface area contributed by atoms with Gasteiger partial charge in [-0.15, -0.1) is 0 Å². The van der Waals surface area contributed by atoms with E-state index in [1.165, 1.54) is 12.1 Å². The zero-order valence-corrected chi connectivity index (χ0v) is 15.8. The molecule has 1 unspecified atom stereocenters. The summed E-state index contributed by atoms with van der Waals surface area (Å²) < 4.78 is 0.148. The van der Waals surface area contributed by atoms with Crippen LogP contribution in [0.3, 0.4) is 0 Å². The number of aromatic nitrogens is 2. The van der Waals surface area contributed by atoms with Crippen molar-refractivity contribution >= 4 is 51.4 Å². The highest BCUT2D eigenvalue weighted by atomic mass is 127. The van der Waals surface area contributed by atoms with Gasteiger partial charge < -0.3 is 21.3 Å². The molecule has 0 saturated carbocycles. The van der Waals surface area contributed by atoms with Gasteiger partial charge >= 0.3 is 0 Å². The lowest BCUT2D eigenvalue weighted by Gasteiger charge is -2.41. The molecule has 25 heavy (non-hydrogen) atoms. The Labute approximate surface area is 158 Å². The van der Waals surface area contributed by atoms with Crippen LogP contribution < -0.4 is 21.3 Å². The molecule has 1 aliphatic heterocycles. The van der Waals surface area contributed by atoms with Gasteiger partial charge in [-0.2, -0.15) is 4.98 Å². The van der Waals surface area contributed by atoms with Crippen LogP contribution in [0.5, 0.6) is 0 Å². The van der Waals surface area contributed by atoms with Crippen LogP contribution >= 0.6 is 22.6 Å². The molecule has 1 atom stereocenters. The van der Waals surface area contributed by atoms with Crippen LogP contribution in [-0.4, -0.2) is 38.6 Å². The largest absolute Gasteiger partial charge is 0.382 e. The van der Waals surface area contributed by atoms with Gasteiger partial charge in [0.15, 0.2) is 5.82 Å². The number of aryl methyl sites for hydroxylation is 1. The molecule has 4 N–H and O–H groups in total. The fraction of sp³-hybridized carbons (Fsp3) is 0.333. The second-order valence-corrected chi connectivity index (χ2v) is 7.19. The first-order valence-corrected chi connectivity index (χ1v) is 8.91. The summed E-state index contributed by atoms with van der Waals surface area (Å²) in [5.74, 6) is 0.559. The lowest BCUT2D eigenvalue weighted by atomic mass is 10.2. The average Bonchev–Trinajstić information content (AvgIpc) is 2.55. The number of halogens is 1. The van der Waals surface area contributed by atoms with Gasteiger partial charge in [-0.1, -0.05) is 22.6 Å². The molecule has 3 rings (SSSR count). The van der Waals surface area contributed by atoms with Gasteiger partial charge in [-0.05, 0) is 19.1 Å². The number of hydrogen-bond acceptors (Lipinski definition) is 8. The third-order valence-electron chi connectivity index (χ3n) is 4.14. The summed E-state index contributed by atoms with van der Waals surface area (Å²) in [6, 6.07) is 6.62. The van der Waals surface area contributed by atoms with E-state index in [0.29, 0.717) is 5.82 Å². The zero-order valence-electron chi connectivity index (χ0n) is 13.6. The van der Waals surface area contributed by atoms with Gasteiger partial charge in [-0.3, -0.25) is 10.1 Å². The molecule has 9 nitrogen and oxygen atoms in total. The van der Waals surface area contributed by atoms with E-state index in [4.69, 9.17) is 11.5 Å². The van der Waals surface area contributed by atoms with Crippen LogP contribution in [-0.2, 0) is 0 Å². The van der Waals surface area contributed by atoms with E-state index in [1.807, 2.05) is 6.92 Å². The Morgan fingerprint density at radius 1 is 1.24 bits per heavy atom. The Kier molecular flexibility index (Phi) is 4.79. The molecule has 1 aromatic heterocycles. The Balaban J connectivity index is 1.78. The smallest absolute Gasteiger partial charge is 0.269 e. The molecule has 1 fully saturated rings. The first-order valence-electron chi connectivity index (χ1n) is 7.66. The van der Waals surface area contributed by atoms with E-state index in [1.54, 1.807) is 12.1 Å². The standard InChI is InChI=1S/C15H18IN7O2/c1-9-13(14(17)20-15(18)19-9)22-7-6-21(8-12(22)16)10-2-4-11(5-3-10)23(24)25/h2-5,12H,6-8H2,1H3,(H4,17,18,19,20). The third kappa shape index (κ3) is 3.52. The summed E-state index contributed by atoms with van der Waals surface area (Å²) in [4.78, 5) is 23.0. The fourth-order valence-corrected chi connectivity index (χ4v) is 4.01. The highest BCUT2D eigenvalue weighted by Gasteiger charge is 2.28. The van der Waals surface area contributed by atoms with Crippen molar-refractivity contribution < 1.29 is 4.92 Å². The third-order valence-corrected chi connectivity index (χ3v) is 5.20. The summed E-state index contributed by atoms with van der Waals surface area (Å²) in [7, 11) is 0. The van der Waals surface area contributed by atoms with Crippen molar-refractivity contribution in [1.82, 2.24) is 9.97 Å². The maximum Gasteiger partial charge on any atom is 0.269 e. The van der Waals surface area contributed by atoms with E-state index in [2.05, 4.69) is 42.4 Å². The number of nitrogen functional groups attached to an aromatic ring is 2. The molecule has 2 aromatic rings. The van der Waals surface area contributed by atoms with Crippen molar-refractivity contribution in [3.05, 3.63) is 40.1 Å². The molecule has 1 aliphatic rings. The number of non-ortho nitro benzene ring substituents is 1. The summed E-state index contributed by atoms with van der Waals surface area (Å²) in [6.07, 6.45) is 0. The highest BCUT2D eigenvalue weighted by molar-refractivity contribution is 14.1. The summed E-state index contributed by atoms with van der Waals surface area (Å²) in [5, 5.41) is 10.8. The van der Waals surface area contributed by atoms with Gasteiger partial charge in [0.25, 0.3) is 5.69 Å².